The standard InChI is InChI=1S/C8H7ClOS/c1-2-11(10)8-6-4-3-5-7(8)9/h2-6H,1H2. The maximum Gasteiger partial charge on any atom is 0.0785 e. The van der Waals surface area contributed by atoms with Crippen molar-refractivity contribution in [2.75, 3.05) is 0 Å². The van der Waals surface area contributed by atoms with Crippen molar-refractivity contribution >= 4 is 22.4 Å². The molecule has 0 fully saturated rings. The molecule has 0 amide bonds. The maximum atomic E-state index is 11.1. The summed E-state index contributed by atoms with van der Waals surface area (Å²) in [6.07, 6.45) is 0. The zero-order valence-corrected chi connectivity index (χ0v) is 7.36. The average Bonchev–Trinajstić information content (AvgIpc) is 2.04. The van der Waals surface area contributed by atoms with Crippen molar-refractivity contribution in [2.24, 2.45) is 0 Å². The number of hydrogen-bond acceptors (Lipinski definition) is 1. The van der Waals surface area contributed by atoms with Crippen molar-refractivity contribution < 1.29 is 4.21 Å². The van der Waals surface area contributed by atoms with Gasteiger partial charge in [0.25, 0.3) is 0 Å². The topological polar surface area (TPSA) is 17.1 Å². The molecule has 1 aromatic carbocycles. The monoisotopic (exact) mass is 186 g/mol. The largest absolute Gasteiger partial charge is 0.250 e. The molecule has 0 N–H and O–H groups in total. The third-order valence-corrected chi connectivity index (χ3v) is 2.74. The van der Waals surface area contributed by atoms with Gasteiger partial charge in [-0.2, -0.15) is 0 Å². The number of hydrogen-bond donors (Lipinski definition) is 0. The highest BCUT2D eigenvalue weighted by Gasteiger charge is 2.02. The van der Waals surface area contributed by atoms with Crippen LogP contribution in [0, 0.1) is 0 Å². The summed E-state index contributed by atoms with van der Waals surface area (Å²) < 4.78 is 11.1. The van der Waals surface area contributed by atoms with Crippen molar-refractivity contribution in [3.63, 3.8) is 0 Å². The first kappa shape index (κ1) is 8.50. The molecule has 0 aromatic heterocycles. The van der Waals surface area contributed by atoms with Gasteiger partial charge in [0.2, 0.25) is 0 Å². The molecule has 0 radical (unpaired) electrons. The molecule has 1 rings (SSSR count). The second kappa shape index (κ2) is 3.69. The quantitative estimate of drug-likeness (QED) is 0.694. The Balaban J connectivity index is 3.13. The highest BCUT2D eigenvalue weighted by atomic mass is 35.5. The molecule has 0 spiro atoms. The molecule has 0 aliphatic heterocycles. The summed E-state index contributed by atoms with van der Waals surface area (Å²) in [7, 11) is -1.17. The van der Waals surface area contributed by atoms with Gasteiger partial charge in [0.1, 0.15) is 0 Å². The van der Waals surface area contributed by atoms with E-state index in [1.165, 1.54) is 5.41 Å². The highest BCUT2D eigenvalue weighted by molar-refractivity contribution is 7.88. The second-order valence-corrected chi connectivity index (χ2v) is 3.67. The molecule has 1 atom stereocenters. The van der Waals surface area contributed by atoms with Crippen LogP contribution in [0.25, 0.3) is 0 Å². The summed E-state index contributed by atoms with van der Waals surface area (Å²) in [5, 5.41) is 1.88. The molecular formula is C8H7ClOS. The predicted octanol–water partition coefficient (Wildman–Crippen LogP) is 2.59. The van der Waals surface area contributed by atoms with Crippen LogP contribution in [-0.4, -0.2) is 4.21 Å². The Morgan fingerprint density at radius 2 is 2.09 bits per heavy atom. The summed E-state index contributed by atoms with van der Waals surface area (Å²) in [5.74, 6) is 0. The minimum absolute atomic E-state index is 0.519. The van der Waals surface area contributed by atoms with Gasteiger partial charge >= 0.3 is 0 Å². The summed E-state index contributed by atoms with van der Waals surface area (Å²) in [6.45, 7) is 3.42. The molecule has 0 bridgehead atoms. The first-order valence-electron chi connectivity index (χ1n) is 3.03. The fourth-order valence-corrected chi connectivity index (χ4v) is 1.71. The predicted molar refractivity (Wildman–Crippen MR) is 48.1 cm³/mol. The van der Waals surface area contributed by atoms with E-state index < -0.39 is 10.8 Å². The molecule has 0 aliphatic carbocycles. The van der Waals surface area contributed by atoms with Crippen LogP contribution in [0.4, 0.5) is 0 Å². The molecule has 1 unspecified atom stereocenters. The van der Waals surface area contributed by atoms with E-state index in [1.807, 2.05) is 0 Å². The van der Waals surface area contributed by atoms with Gasteiger partial charge in [-0.15, -0.1) is 0 Å². The van der Waals surface area contributed by atoms with Crippen LogP contribution in [0.3, 0.4) is 0 Å². The Morgan fingerprint density at radius 1 is 1.45 bits per heavy atom. The number of rotatable bonds is 2. The van der Waals surface area contributed by atoms with Crippen LogP contribution in [-0.2, 0) is 10.8 Å². The van der Waals surface area contributed by atoms with E-state index in [4.69, 9.17) is 11.6 Å². The first-order valence-corrected chi connectivity index (χ1v) is 4.62. The summed E-state index contributed by atoms with van der Waals surface area (Å²) in [6, 6.07) is 7.02. The lowest BCUT2D eigenvalue weighted by Crippen LogP contribution is -1.85. The first-order chi connectivity index (χ1) is 5.25. The number of halogens is 1. The second-order valence-electron chi connectivity index (χ2n) is 1.89. The Morgan fingerprint density at radius 3 is 2.64 bits per heavy atom. The molecule has 0 saturated heterocycles. The fraction of sp³-hybridized carbons (Fsp3) is 0. The van der Waals surface area contributed by atoms with Gasteiger partial charge in [0.05, 0.1) is 20.7 Å². The van der Waals surface area contributed by atoms with Crippen molar-refractivity contribution in [3.05, 3.63) is 41.3 Å². The van der Waals surface area contributed by atoms with Gasteiger partial charge in [-0.25, -0.2) is 4.21 Å². The molecule has 11 heavy (non-hydrogen) atoms. The van der Waals surface area contributed by atoms with Crippen LogP contribution in [0.2, 0.25) is 5.02 Å². The van der Waals surface area contributed by atoms with E-state index in [9.17, 15) is 4.21 Å². The third kappa shape index (κ3) is 1.91. The van der Waals surface area contributed by atoms with Gasteiger partial charge in [-0.1, -0.05) is 30.3 Å². The van der Waals surface area contributed by atoms with Gasteiger partial charge in [-0.05, 0) is 12.1 Å². The lowest BCUT2D eigenvalue weighted by atomic mass is 10.4. The molecule has 58 valence electrons. The van der Waals surface area contributed by atoms with Crippen molar-refractivity contribution in [2.45, 2.75) is 4.90 Å². The van der Waals surface area contributed by atoms with E-state index in [-0.39, 0.29) is 0 Å². The normalized spacial score (nSPS) is 12.5. The van der Waals surface area contributed by atoms with E-state index in [0.717, 1.165) is 0 Å². The summed E-state index contributed by atoms with van der Waals surface area (Å²) in [4.78, 5) is 0.615. The van der Waals surface area contributed by atoms with E-state index in [2.05, 4.69) is 6.58 Å². The number of benzene rings is 1. The van der Waals surface area contributed by atoms with Crippen LogP contribution in [0.5, 0.6) is 0 Å². The van der Waals surface area contributed by atoms with Crippen LogP contribution < -0.4 is 0 Å². The highest BCUT2D eigenvalue weighted by Crippen LogP contribution is 2.18. The Hall–Kier alpha value is -0.600. The molecule has 0 aliphatic rings. The lowest BCUT2D eigenvalue weighted by Gasteiger charge is -1.97. The average molecular weight is 187 g/mol. The summed E-state index contributed by atoms with van der Waals surface area (Å²) in [5.41, 5.74) is 0. The van der Waals surface area contributed by atoms with Crippen LogP contribution in [0.1, 0.15) is 0 Å². The molecule has 3 heteroatoms. The van der Waals surface area contributed by atoms with E-state index in [0.29, 0.717) is 9.92 Å². The molecule has 0 heterocycles. The molecule has 1 aromatic rings. The Labute approximate surface area is 73.1 Å². The molecule has 1 nitrogen and oxygen atoms in total. The third-order valence-electron chi connectivity index (χ3n) is 1.20. The van der Waals surface area contributed by atoms with Crippen molar-refractivity contribution in [3.8, 4) is 0 Å². The van der Waals surface area contributed by atoms with Crippen molar-refractivity contribution in [1.82, 2.24) is 0 Å². The SMILES string of the molecule is C=CS(=O)c1ccccc1Cl. The smallest absolute Gasteiger partial charge is 0.0785 e. The van der Waals surface area contributed by atoms with Gasteiger partial charge < -0.3 is 0 Å². The Kier molecular flexibility index (Phi) is 2.85. The minimum Gasteiger partial charge on any atom is -0.250 e. The molecular weight excluding hydrogens is 180 g/mol. The van der Waals surface area contributed by atoms with Crippen molar-refractivity contribution in [1.29, 1.82) is 0 Å². The van der Waals surface area contributed by atoms with E-state index >= 15 is 0 Å². The Bertz CT molecular complexity index is 296. The minimum atomic E-state index is -1.17. The van der Waals surface area contributed by atoms with Crippen LogP contribution >= 0.6 is 11.6 Å². The summed E-state index contributed by atoms with van der Waals surface area (Å²) >= 11 is 5.76. The van der Waals surface area contributed by atoms with E-state index in [1.54, 1.807) is 24.3 Å². The zero-order valence-electron chi connectivity index (χ0n) is 5.79. The maximum absolute atomic E-state index is 11.1. The molecule has 0 saturated carbocycles. The lowest BCUT2D eigenvalue weighted by molar-refractivity contribution is 0.688. The zero-order chi connectivity index (χ0) is 8.27. The van der Waals surface area contributed by atoms with Gasteiger partial charge in [0, 0.05) is 5.41 Å². The fourth-order valence-electron chi connectivity index (χ4n) is 0.698. The van der Waals surface area contributed by atoms with Gasteiger partial charge in [-0.3, -0.25) is 0 Å². The van der Waals surface area contributed by atoms with Gasteiger partial charge in [0.15, 0.2) is 0 Å². The van der Waals surface area contributed by atoms with Crippen LogP contribution in [0.15, 0.2) is 41.1 Å².